The number of nitrogens with one attached hydrogen (secondary N) is 1. The van der Waals surface area contributed by atoms with E-state index in [0.717, 1.165) is 42.8 Å². The molecular weight excluding hydrogens is 462 g/mol. The Balaban J connectivity index is 1.31. The van der Waals surface area contributed by atoms with Gasteiger partial charge in [-0.25, -0.2) is 0 Å². The van der Waals surface area contributed by atoms with Crippen molar-refractivity contribution in [2.75, 3.05) is 20.8 Å². The average Bonchev–Trinajstić information content (AvgIpc) is 3.40. The fraction of sp³-hybridized carbons (Fsp3) is 0.323. The molecule has 0 fully saturated rings. The molecular formula is C31H33N3O3. The summed E-state index contributed by atoms with van der Waals surface area (Å²) >= 11 is 0. The first-order chi connectivity index (χ1) is 18.1. The van der Waals surface area contributed by atoms with Crippen LogP contribution in [-0.2, 0) is 30.7 Å². The molecule has 0 spiro atoms. The van der Waals surface area contributed by atoms with E-state index in [-0.39, 0.29) is 18.0 Å². The van der Waals surface area contributed by atoms with Crippen molar-refractivity contribution in [1.82, 2.24) is 14.8 Å². The number of methoxy groups -OCH3 is 2. The third-order valence-corrected chi connectivity index (χ3v) is 8.10. The molecule has 2 aliphatic rings. The SMILES string of the molecule is COc1cc2c(cc1OC)[C@@H](C)N(C(=O)C1Cc3ccccc3CN1Cc1ccc3cc[nH]c3c1)CC2. The summed E-state index contributed by atoms with van der Waals surface area (Å²) in [6.45, 7) is 4.31. The molecule has 2 aliphatic heterocycles. The number of hydrogen-bond donors (Lipinski definition) is 1. The summed E-state index contributed by atoms with van der Waals surface area (Å²) in [7, 11) is 3.32. The van der Waals surface area contributed by atoms with Crippen LogP contribution in [0.15, 0.2) is 66.9 Å². The molecule has 37 heavy (non-hydrogen) atoms. The highest BCUT2D eigenvalue weighted by Crippen LogP contribution is 2.39. The number of carbonyl (C=O) groups excluding carboxylic acids is 1. The maximum atomic E-state index is 14.3. The number of carbonyl (C=O) groups is 1. The summed E-state index contributed by atoms with van der Waals surface area (Å²) < 4.78 is 11.1. The Kier molecular flexibility index (Phi) is 6.13. The van der Waals surface area contributed by atoms with Crippen molar-refractivity contribution in [3.8, 4) is 11.5 Å². The van der Waals surface area contributed by atoms with Crippen LogP contribution in [0.3, 0.4) is 0 Å². The van der Waals surface area contributed by atoms with Crippen molar-refractivity contribution in [2.45, 2.75) is 44.9 Å². The quantitative estimate of drug-likeness (QED) is 0.411. The zero-order chi connectivity index (χ0) is 25.5. The number of H-pyrrole nitrogens is 1. The molecule has 2 atom stereocenters. The van der Waals surface area contributed by atoms with Crippen molar-refractivity contribution in [3.63, 3.8) is 0 Å². The number of ether oxygens (including phenoxy) is 2. The van der Waals surface area contributed by atoms with Gasteiger partial charge in [0.15, 0.2) is 11.5 Å². The Morgan fingerprint density at radius 2 is 1.76 bits per heavy atom. The van der Waals surface area contributed by atoms with E-state index in [0.29, 0.717) is 12.3 Å². The van der Waals surface area contributed by atoms with Crippen LogP contribution in [0.4, 0.5) is 0 Å². The lowest BCUT2D eigenvalue weighted by molar-refractivity contribution is -0.140. The number of aromatic nitrogens is 1. The molecule has 4 aromatic rings. The van der Waals surface area contributed by atoms with Crippen LogP contribution >= 0.6 is 0 Å². The minimum atomic E-state index is -0.210. The number of nitrogens with zero attached hydrogens (tertiary/aromatic N) is 2. The van der Waals surface area contributed by atoms with Crippen LogP contribution in [0.25, 0.3) is 10.9 Å². The second kappa shape index (κ2) is 9.60. The van der Waals surface area contributed by atoms with Gasteiger partial charge in [-0.3, -0.25) is 9.69 Å². The molecule has 1 aromatic heterocycles. The first-order valence-corrected chi connectivity index (χ1v) is 13.0. The van der Waals surface area contributed by atoms with E-state index >= 15 is 0 Å². The average molecular weight is 496 g/mol. The Morgan fingerprint density at radius 1 is 0.973 bits per heavy atom. The van der Waals surface area contributed by atoms with Crippen molar-refractivity contribution in [2.24, 2.45) is 0 Å². The molecule has 0 radical (unpaired) electrons. The third kappa shape index (κ3) is 4.25. The number of fused-ring (bicyclic) bond motifs is 3. The summed E-state index contributed by atoms with van der Waals surface area (Å²) in [5.41, 5.74) is 7.27. The van der Waals surface area contributed by atoms with Crippen molar-refractivity contribution in [1.29, 1.82) is 0 Å². The molecule has 0 bridgehead atoms. The first kappa shape index (κ1) is 23.6. The maximum Gasteiger partial charge on any atom is 0.240 e. The van der Waals surface area contributed by atoms with Gasteiger partial charge >= 0.3 is 0 Å². The van der Waals surface area contributed by atoms with Crippen molar-refractivity contribution >= 4 is 16.8 Å². The van der Waals surface area contributed by atoms with E-state index in [2.05, 4.69) is 76.3 Å². The van der Waals surface area contributed by atoms with Crippen LogP contribution in [-0.4, -0.2) is 47.5 Å². The lowest BCUT2D eigenvalue weighted by Gasteiger charge is -2.42. The molecule has 1 unspecified atom stereocenters. The molecule has 6 nitrogen and oxygen atoms in total. The molecule has 190 valence electrons. The zero-order valence-corrected chi connectivity index (χ0v) is 21.7. The van der Waals surface area contributed by atoms with E-state index in [1.165, 1.54) is 27.6 Å². The molecule has 6 heteroatoms. The number of benzene rings is 3. The van der Waals surface area contributed by atoms with Crippen molar-refractivity contribution < 1.29 is 14.3 Å². The molecule has 3 aromatic carbocycles. The number of hydrogen-bond acceptors (Lipinski definition) is 4. The Bertz CT molecular complexity index is 1460. The fourth-order valence-electron chi connectivity index (χ4n) is 6.05. The van der Waals surface area contributed by atoms with Gasteiger partial charge in [0.2, 0.25) is 5.91 Å². The summed E-state index contributed by atoms with van der Waals surface area (Å²) in [4.78, 5) is 22.0. The lowest BCUT2D eigenvalue weighted by atomic mass is 9.89. The predicted molar refractivity (Wildman–Crippen MR) is 145 cm³/mol. The van der Waals surface area contributed by atoms with Gasteiger partial charge in [0, 0.05) is 31.3 Å². The largest absolute Gasteiger partial charge is 0.493 e. The predicted octanol–water partition coefficient (Wildman–Crippen LogP) is 5.26. The van der Waals surface area contributed by atoms with Gasteiger partial charge in [-0.1, -0.05) is 36.4 Å². The zero-order valence-electron chi connectivity index (χ0n) is 21.7. The summed E-state index contributed by atoms with van der Waals surface area (Å²) in [5.74, 6) is 1.64. The molecule has 6 rings (SSSR count). The second-order valence-electron chi connectivity index (χ2n) is 10.2. The fourth-order valence-corrected chi connectivity index (χ4v) is 6.05. The molecule has 0 saturated carbocycles. The van der Waals surface area contributed by atoms with Crippen LogP contribution in [0.2, 0.25) is 0 Å². The van der Waals surface area contributed by atoms with Gasteiger partial charge in [-0.15, -0.1) is 0 Å². The highest BCUT2D eigenvalue weighted by Gasteiger charge is 2.38. The van der Waals surface area contributed by atoms with E-state index in [9.17, 15) is 4.79 Å². The standard InChI is InChI=1S/C31H33N3O3/c1-20-26-17-30(37-3)29(36-2)16-24(26)11-13-34(20)31(35)28-15-23-6-4-5-7-25(23)19-33(28)18-21-8-9-22-10-12-32-27(22)14-21/h4-10,12,14,16-17,20,28,32H,11,13,15,18-19H2,1-3H3/t20-,28?/m1/s1. The van der Waals surface area contributed by atoms with E-state index in [4.69, 9.17) is 9.47 Å². The monoisotopic (exact) mass is 495 g/mol. The van der Waals surface area contributed by atoms with Gasteiger partial charge in [-0.05, 0) is 77.2 Å². The first-order valence-electron chi connectivity index (χ1n) is 13.0. The number of aromatic amines is 1. The van der Waals surface area contributed by atoms with E-state index in [1.807, 2.05) is 12.3 Å². The van der Waals surface area contributed by atoms with Gasteiger partial charge in [0.05, 0.1) is 26.3 Å². The second-order valence-corrected chi connectivity index (χ2v) is 10.2. The molecule has 0 aliphatic carbocycles. The highest BCUT2D eigenvalue weighted by atomic mass is 16.5. The van der Waals surface area contributed by atoms with Crippen LogP contribution in [0.5, 0.6) is 11.5 Å². The topological polar surface area (TPSA) is 57.8 Å². The summed E-state index contributed by atoms with van der Waals surface area (Å²) in [6, 6.07) is 21.0. The number of rotatable bonds is 5. The molecule has 3 heterocycles. The van der Waals surface area contributed by atoms with Crippen LogP contribution in [0.1, 0.15) is 40.8 Å². The minimum Gasteiger partial charge on any atom is -0.493 e. The summed E-state index contributed by atoms with van der Waals surface area (Å²) in [5, 5.41) is 1.20. The van der Waals surface area contributed by atoms with Gasteiger partial charge < -0.3 is 19.4 Å². The Morgan fingerprint density at radius 3 is 2.57 bits per heavy atom. The molecule has 1 amide bonds. The van der Waals surface area contributed by atoms with Gasteiger partial charge in [0.1, 0.15) is 0 Å². The van der Waals surface area contributed by atoms with Crippen LogP contribution < -0.4 is 9.47 Å². The smallest absolute Gasteiger partial charge is 0.240 e. The summed E-state index contributed by atoms with van der Waals surface area (Å²) in [6.07, 6.45) is 3.50. The highest BCUT2D eigenvalue weighted by molar-refractivity contribution is 5.84. The normalized spacial score (nSPS) is 19.4. The molecule has 0 saturated heterocycles. The Labute approximate surface area is 217 Å². The third-order valence-electron chi connectivity index (χ3n) is 8.10. The molecule has 1 N–H and O–H groups in total. The Hall–Kier alpha value is -3.77. The van der Waals surface area contributed by atoms with Gasteiger partial charge in [-0.2, -0.15) is 0 Å². The number of amides is 1. The maximum absolute atomic E-state index is 14.3. The van der Waals surface area contributed by atoms with E-state index in [1.54, 1.807) is 14.2 Å². The van der Waals surface area contributed by atoms with Crippen molar-refractivity contribution in [3.05, 3.63) is 94.7 Å². The van der Waals surface area contributed by atoms with Gasteiger partial charge in [0.25, 0.3) is 0 Å². The lowest BCUT2D eigenvalue weighted by Crippen LogP contribution is -2.53. The van der Waals surface area contributed by atoms with E-state index < -0.39 is 0 Å². The van der Waals surface area contributed by atoms with Crippen LogP contribution in [0, 0.1) is 0 Å². The minimum absolute atomic E-state index is 0.0367.